The Morgan fingerprint density at radius 2 is 2.09 bits per heavy atom. The van der Waals surface area contributed by atoms with Crippen LogP contribution in [0.1, 0.15) is 53.6 Å². The largest absolute Gasteiger partial charge is 0.504 e. The number of nitrogens with zero attached hydrogens (tertiary/aromatic N) is 2. The number of carbonyl (C=O) groups excluding carboxylic acids is 1. The van der Waals surface area contributed by atoms with Crippen LogP contribution in [0.25, 0.3) is 0 Å². The summed E-state index contributed by atoms with van der Waals surface area (Å²) in [6.45, 7) is 1.94. The molecule has 5 atom stereocenters. The molecule has 0 radical (unpaired) electrons. The summed E-state index contributed by atoms with van der Waals surface area (Å²) in [5, 5.41) is 26.4. The molecule has 186 valence electrons. The summed E-state index contributed by atoms with van der Waals surface area (Å²) in [6.07, 6.45) is 8.09. The molecule has 1 saturated heterocycles. The Bertz CT molecular complexity index is 1210. The van der Waals surface area contributed by atoms with Crippen molar-refractivity contribution in [2.24, 2.45) is 5.92 Å². The van der Waals surface area contributed by atoms with Crippen molar-refractivity contribution in [2.45, 2.75) is 67.7 Å². The molecule has 2 saturated carbocycles. The van der Waals surface area contributed by atoms with Crippen molar-refractivity contribution in [1.29, 1.82) is 0 Å². The summed E-state index contributed by atoms with van der Waals surface area (Å²) in [4.78, 5) is 19.8. The first-order chi connectivity index (χ1) is 16.4. The molecule has 35 heavy (non-hydrogen) atoms. The van der Waals surface area contributed by atoms with Gasteiger partial charge in [-0.3, -0.25) is 14.7 Å². The second-order valence-electron chi connectivity index (χ2n) is 10.8. The molecule has 1 spiro atoms. The standard InChI is InChI=1S/C26H28BrN3O4.ClH/c27-17-12-28-9-6-16(17)24(32)29-18-5-7-26(33)20-11-15-3-4-19(31)22-21(15)25(26,23(18)34-22)8-10-30(20)13-14-1-2-14;/h3-4,6,9,12,14,18,20,23,31,33H,1-2,5,7-8,10-11,13H2,(H,29,32);1H/t18-,20-,23+,25+,26-;/m1./s1. The number of aromatic nitrogens is 1. The van der Waals surface area contributed by atoms with Gasteiger partial charge in [0.05, 0.1) is 22.6 Å². The van der Waals surface area contributed by atoms with E-state index in [0.29, 0.717) is 28.6 Å². The fourth-order valence-electron chi connectivity index (χ4n) is 7.43. The van der Waals surface area contributed by atoms with E-state index in [1.54, 1.807) is 24.5 Å². The number of amides is 1. The van der Waals surface area contributed by atoms with E-state index < -0.39 is 17.1 Å². The Labute approximate surface area is 218 Å². The summed E-state index contributed by atoms with van der Waals surface area (Å²) in [5.41, 5.74) is 1.08. The Kier molecular flexibility index (Phi) is 5.42. The molecule has 1 amide bonds. The Morgan fingerprint density at radius 1 is 1.26 bits per heavy atom. The fraction of sp³-hybridized carbons (Fsp3) is 0.538. The number of hydrogen-bond donors (Lipinski definition) is 3. The average molecular weight is 563 g/mol. The number of nitrogens with one attached hydrogen (secondary N) is 1. The smallest absolute Gasteiger partial charge is 0.252 e. The van der Waals surface area contributed by atoms with E-state index in [9.17, 15) is 15.0 Å². The minimum atomic E-state index is -0.949. The maximum atomic E-state index is 13.2. The number of pyridine rings is 1. The van der Waals surface area contributed by atoms with Crippen molar-refractivity contribution in [1.82, 2.24) is 15.2 Å². The van der Waals surface area contributed by atoms with Crippen molar-refractivity contribution < 1.29 is 19.7 Å². The summed E-state index contributed by atoms with van der Waals surface area (Å²) >= 11 is 3.43. The van der Waals surface area contributed by atoms with Crippen LogP contribution in [0.15, 0.2) is 35.1 Å². The van der Waals surface area contributed by atoms with Gasteiger partial charge in [0.25, 0.3) is 5.91 Å². The lowest BCUT2D eigenvalue weighted by Crippen LogP contribution is -2.78. The van der Waals surface area contributed by atoms with E-state index in [2.05, 4.69) is 31.1 Å². The minimum Gasteiger partial charge on any atom is -0.504 e. The first kappa shape index (κ1) is 23.5. The van der Waals surface area contributed by atoms with Crippen molar-refractivity contribution in [2.75, 3.05) is 13.1 Å². The van der Waals surface area contributed by atoms with Gasteiger partial charge >= 0.3 is 0 Å². The molecule has 3 fully saturated rings. The number of phenolic OH excluding ortho intramolecular Hbond substituents is 1. The van der Waals surface area contributed by atoms with Gasteiger partial charge in [-0.1, -0.05) is 6.07 Å². The number of likely N-dealkylation sites (tertiary alicyclic amines) is 1. The van der Waals surface area contributed by atoms with Gasteiger partial charge in [0.15, 0.2) is 11.5 Å². The maximum Gasteiger partial charge on any atom is 0.252 e. The van der Waals surface area contributed by atoms with Crippen molar-refractivity contribution in [3.05, 3.63) is 51.8 Å². The van der Waals surface area contributed by atoms with Crippen molar-refractivity contribution >= 4 is 34.2 Å². The quantitative estimate of drug-likeness (QED) is 0.529. The highest BCUT2D eigenvalue weighted by Crippen LogP contribution is 2.65. The molecule has 1 aromatic carbocycles. The summed E-state index contributed by atoms with van der Waals surface area (Å²) in [7, 11) is 0. The lowest BCUT2D eigenvalue weighted by molar-refractivity contribution is -0.191. The monoisotopic (exact) mass is 561 g/mol. The molecular formula is C26H29BrClN3O4. The van der Waals surface area contributed by atoms with Crippen LogP contribution in [0.5, 0.6) is 11.5 Å². The highest BCUT2D eigenvalue weighted by molar-refractivity contribution is 9.10. The summed E-state index contributed by atoms with van der Waals surface area (Å²) in [5.74, 6) is 1.18. The van der Waals surface area contributed by atoms with E-state index in [1.807, 2.05) is 6.07 Å². The number of ether oxygens (including phenoxy) is 1. The Balaban J connectivity index is 0.00000229. The molecule has 2 aliphatic heterocycles. The molecule has 3 heterocycles. The van der Waals surface area contributed by atoms with Gasteiger partial charge in [-0.25, -0.2) is 0 Å². The van der Waals surface area contributed by atoms with E-state index in [-0.39, 0.29) is 36.1 Å². The number of hydrogen-bond acceptors (Lipinski definition) is 6. The van der Waals surface area contributed by atoms with Crippen LogP contribution in [0.3, 0.4) is 0 Å². The number of benzene rings is 1. The summed E-state index contributed by atoms with van der Waals surface area (Å²) < 4.78 is 7.15. The molecule has 3 N–H and O–H groups in total. The molecule has 9 heteroatoms. The lowest BCUT2D eigenvalue weighted by atomic mass is 9.48. The molecule has 1 aromatic heterocycles. The van der Waals surface area contributed by atoms with Gasteiger partial charge < -0.3 is 20.3 Å². The molecule has 7 rings (SSSR count). The van der Waals surface area contributed by atoms with Gasteiger partial charge in [-0.15, -0.1) is 12.4 Å². The van der Waals surface area contributed by atoms with Crippen LogP contribution in [0, 0.1) is 5.92 Å². The molecule has 0 unspecified atom stereocenters. The van der Waals surface area contributed by atoms with Gasteiger partial charge in [-0.05, 0) is 84.6 Å². The zero-order valence-electron chi connectivity index (χ0n) is 19.2. The van der Waals surface area contributed by atoms with Gasteiger partial charge in [0, 0.05) is 35.0 Å². The van der Waals surface area contributed by atoms with Crippen LogP contribution in [0.4, 0.5) is 0 Å². The second-order valence-corrected chi connectivity index (χ2v) is 11.6. The zero-order valence-corrected chi connectivity index (χ0v) is 21.6. The highest BCUT2D eigenvalue weighted by Gasteiger charge is 2.73. The maximum absolute atomic E-state index is 13.2. The molecule has 3 aliphatic carbocycles. The van der Waals surface area contributed by atoms with Crippen LogP contribution in [-0.4, -0.2) is 62.9 Å². The van der Waals surface area contributed by atoms with Crippen LogP contribution in [-0.2, 0) is 11.8 Å². The predicted molar refractivity (Wildman–Crippen MR) is 135 cm³/mol. The van der Waals surface area contributed by atoms with Crippen molar-refractivity contribution in [3.63, 3.8) is 0 Å². The first-order valence-corrected chi connectivity index (χ1v) is 13.1. The number of halogens is 2. The normalized spacial score (nSPS) is 34.4. The number of phenols is 1. The minimum absolute atomic E-state index is 0. The topological polar surface area (TPSA) is 94.9 Å². The average Bonchev–Trinajstić information content (AvgIpc) is 3.56. The van der Waals surface area contributed by atoms with Gasteiger partial charge in [0.2, 0.25) is 0 Å². The number of aromatic hydroxyl groups is 1. The van der Waals surface area contributed by atoms with E-state index in [0.717, 1.165) is 43.0 Å². The van der Waals surface area contributed by atoms with E-state index in [4.69, 9.17) is 4.74 Å². The number of carbonyl (C=O) groups is 1. The molecule has 7 nitrogen and oxygen atoms in total. The number of rotatable bonds is 4. The fourth-order valence-corrected chi connectivity index (χ4v) is 7.87. The SMILES string of the molecule is Cl.O=C(N[C@@H]1CC[C@@]2(O)[C@H]3Cc4ccc(O)c5c4[C@@]2(CCN3CC2CC2)[C@H]1O5)c1ccncc1Br. The van der Waals surface area contributed by atoms with Crippen molar-refractivity contribution in [3.8, 4) is 11.5 Å². The molecule has 2 bridgehead atoms. The Hall–Kier alpha value is -1.87. The van der Waals surface area contributed by atoms with Gasteiger partial charge in [0.1, 0.15) is 6.10 Å². The number of piperidine rings is 1. The third-order valence-electron chi connectivity index (χ3n) is 9.10. The summed E-state index contributed by atoms with van der Waals surface area (Å²) in [6, 6.07) is 5.17. The van der Waals surface area contributed by atoms with Crippen LogP contribution < -0.4 is 10.1 Å². The number of aliphatic hydroxyl groups is 1. The van der Waals surface area contributed by atoms with Crippen LogP contribution >= 0.6 is 28.3 Å². The third-order valence-corrected chi connectivity index (χ3v) is 9.73. The van der Waals surface area contributed by atoms with E-state index in [1.165, 1.54) is 12.8 Å². The van der Waals surface area contributed by atoms with E-state index >= 15 is 0 Å². The lowest BCUT2D eigenvalue weighted by Gasteiger charge is -2.64. The predicted octanol–water partition coefficient (Wildman–Crippen LogP) is 3.33. The van der Waals surface area contributed by atoms with Crippen LogP contribution in [0.2, 0.25) is 0 Å². The second kappa shape index (κ2) is 8.07. The zero-order chi connectivity index (χ0) is 23.2. The Morgan fingerprint density at radius 3 is 2.86 bits per heavy atom. The molecule has 5 aliphatic rings. The highest BCUT2D eigenvalue weighted by atomic mass is 79.9. The third kappa shape index (κ3) is 3.16. The molecule has 2 aromatic rings. The molecular weight excluding hydrogens is 534 g/mol. The first-order valence-electron chi connectivity index (χ1n) is 12.3. The van der Waals surface area contributed by atoms with Gasteiger partial charge in [-0.2, -0.15) is 0 Å².